The van der Waals surface area contributed by atoms with Crippen LogP contribution in [0.1, 0.15) is 110 Å². The number of rotatable bonds is 15. The van der Waals surface area contributed by atoms with Gasteiger partial charge in [-0.15, -0.1) is 0 Å². The van der Waals surface area contributed by atoms with Gasteiger partial charge in [0, 0.05) is 113 Å². The molecular weight excluding hydrogens is 1950 g/mol. The van der Waals surface area contributed by atoms with Crippen molar-refractivity contribution in [2.75, 3.05) is 93.2 Å². The molecule has 696 valence electrons. The van der Waals surface area contributed by atoms with Crippen LogP contribution < -0.4 is 31.4 Å². The van der Waals surface area contributed by atoms with Gasteiger partial charge in [0.25, 0.3) is 16.7 Å². The maximum absolute atomic E-state index is 15.5. The van der Waals surface area contributed by atoms with Gasteiger partial charge in [0.1, 0.15) is 66.9 Å². The van der Waals surface area contributed by atoms with Gasteiger partial charge in [0.15, 0.2) is 52.2 Å². The SMILES string of the molecule is C=CC(=O)N1CCN(c2c(C#N)c(=O)n(-c3c(C)ccnc3C(C)C)c3nc(-c4c(O)c(F)c(Cl)c(Cl)c4F)c(Cl)cc23)CC1.C=CC(=O)N1CCN(c2c(C#N)c(=O)n(-c3c(C)ccnc3C(C)C)c3nc(-c4c(O)c(F)c(Cl)c(Cl)c4F)c(Cl)cc23)CC1.C=CC(=O)N1CCN(c2c(C#N)c(=O)n(-c3c(C)ccnc3C(C)C)c3nc(-c4c(O)c(F)c(Cl)c(Cl)c4F)c(Cl)cc23)CC1. The van der Waals surface area contributed by atoms with Crippen LogP contribution in [-0.2, 0) is 14.4 Å². The Morgan fingerprint density at radius 2 is 0.593 bits per heavy atom. The number of hydrogen-bond donors (Lipinski definition) is 3. The molecule has 0 atom stereocenters. The van der Waals surface area contributed by atoms with E-state index < -0.39 is 133 Å². The molecule has 0 bridgehead atoms. The van der Waals surface area contributed by atoms with Crippen molar-refractivity contribution in [3.8, 4) is 86.3 Å². The number of nitrogens with zero attached hydrogens (tertiary/aromatic N) is 18. The molecule has 0 aliphatic carbocycles. The highest BCUT2D eigenvalue weighted by Crippen LogP contribution is 2.51. The van der Waals surface area contributed by atoms with Crippen LogP contribution in [-0.4, -0.2) is 170 Å². The molecule has 0 unspecified atom stereocenters. The van der Waals surface area contributed by atoms with Crippen molar-refractivity contribution in [3.05, 3.63) is 255 Å². The molecule has 3 aliphatic heterocycles. The third-order valence-corrected chi connectivity index (χ3v) is 26.3. The smallest absolute Gasteiger partial charge is 0.276 e. The summed E-state index contributed by atoms with van der Waals surface area (Å²) in [6.07, 6.45) is 8.40. The molecule has 3 N–H and O–H groups in total. The number of aromatic nitrogens is 9. The van der Waals surface area contributed by atoms with E-state index in [1.807, 2.05) is 59.8 Å². The Balaban J connectivity index is 0.000000171. The van der Waals surface area contributed by atoms with Crippen molar-refractivity contribution in [1.82, 2.24) is 58.3 Å². The van der Waals surface area contributed by atoms with Gasteiger partial charge in [-0.1, -0.05) is 166 Å². The van der Waals surface area contributed by atoms with Crippen molar-refractivity contribution < 1.29 is 56.0 Å². The largest absolute Gasteiger partial charge is 0.504 e. The van der Waals surface area contributed by atoms with Gasteiger partial charge in [-0.3, -0.25) is 57.4 Å². The summed E-state index contributed by atoms with van der Waals surface area (Å²) in [6.45, 7) is 30.3. The molecule has 3 saturated heterocycles. The second kappa shape index (κ2) is 40.1. The Labute approximate surface area is 810 Å². The van der Waals surface area contributed by atoms with Crippen LogP contribution >= 0.6 is 104 Å². The van der Waals surface area contributed by atoms with E-state index in [1.165, 1.54) is 50.1 Å². The molecule has 0 spiro atoms. The van der Waals surface area contributed by atoms with Crippen LogP contribution in [0.15, 0.2) is 107 Å². The Morgan fingerprint density at radius 1 is 0.378 bits per heavy atom. The molecule has 42 heteroatoms. The van der Waals surface area contributed by atoms with E-state index in [9.17, 15) is 73.0 Å². The molecule has 135 heavy (non-hydrogen) atoms. The minimum Gasteiger partial charge on any atom is -0.504 e. The minimum atomic E-state index is -1.38. The van der Waals surface area contributed by atoms with Crippen molar-refractivity contribution in [2.45, 2.75) is 80.1 Å². The fraction of sp³-hybridized carbons (Fsp3) is 0.258. The minimum absolute atomic E-state index is 0.0683. The Morgan fingerprint density at radius 3 is 0.793 bits per heavy atom. The maximum Gasteiger partial charge on any atom is 0.276 e. The van der Waals surface area contributed by atoms with E-state index in [0.29, 0.717) is 50.8 Å². The predicted octanol–water partition coefficient (Wildman–Crippen LogP) is 19.6. The highest BCUT2D eigenvalue weighted by Gasteiger charge is 2.38. The lowest BCUT2D eigenvalue weighted by atomic mass is 10.0. The van der Waals surface area contributed by atoms with Crippen LogP contribution in [0.2, 0.25) is 45.2 Å². The quantitative estimate of drug-likeness (QED) is 0.0371. The third-order valence-electron chi connectivity index (χ3n) is 23.0. The summed E-state index contributed by atoms with van der Waals surface area (Å²) in [7, 11) is 0. The van der Waals surface area contributed by atoms with Gasteiger partial charge in [0.05, 0.1) is 115 Å². The molecule has 3 aliphatic rings. The Hall–Kier alpha value is -12.7. The first-order valence-electron chi connectivity index (χ1n) is 41.1. The zero-order valence-electron chi connectivity index (χ0n) is 72.8. The molecule has 12 heterocycles. The molecule has 27 nitrogen and oxygen atoms in total. The van der Waals surface area contributed by atoms with Crippen molar-refractivity contribution in [2.24, 2.45) is 0 Å². The summed E-state index contributed by atoms with van der Waals surface area (Å²) in [5.74, 6) is -12.8. The number of nitriles is 3. The standard InChI is InChI=1S/3C31H25Cl3F2N6O3/c3*1-5-19(43)40-8-10-41(11-9-40)28-16-12-18(32)26(20-23(35)21(33)22(34)24(36)29(20)44)39-30(16)42(31(45)17(28)13-37)27-15(4)6-7-38-25(27)14(2)3/h3*5-7,12,14,44H,1,8-11H2,2-4H3. The molecule has 9 aromatic heterocycles. The number of pyridine rings is 9. The highest BCUT2D eigenvalue weighted by atomic mass is 35.5. The number of fused-ring (bicyclic) bond motifs is 3. The Bertz CT molecular complexity index is 6650. The van der Waals surface area contributed by atoms with Crippen molar-refractivity contribution >= 4 is 172 Å². The summed E-state index contributed by atoms with van der Waals surface area (Å²) in [4.78, 5) is 117. The van der Waals surface area contributed by atoms with Gasteiger partial charge < -0.3 is 44.7 Å². The second-order valence-corrected chi connectivity index (χ2v) is 35.5. The Kier molecular flexibility index (Phi) is 29.6. The molecule has 3 amide bonds. The number of aryl methyl sites for hydroxylation is 3. The molecule has 12 aromatic rings. The number of halogens is 15. The monoisotopic (exact) mass is 2020 g/mol. The fourth-order valence-corrected chi connectivity index (χ4v) is 18.2. The molecule has 0 saturated carbocycles. The highest BCUT2D eigenvalue weighted by molar-refractivity contribution is 6.44. The lowest BCUT2D eigenvalue weighted by Crippen LogP contribution is -2.49. The second-order valence-electron chi connectivity index (χ2n) is 32.0. The van der Waals surface area contributed by atoms with Gasteiger partial charge in [0.2, 0.25) is 17.7 Å². The zero-order chi connectivity index (χ0) is 98.7. The van der Waals surface area contributed by atoms with Crippen LogP contribution in [0.25, 0.3) is 83.9 Å². The summed E-state index contributed by atoms with van der Waals surface area (Å²) >= 11 is 55.2. The zero-order valence-corrected chi connectivity index (χ0v) is 79.6. The number of carbonyl (C=O) groups excluding carboxylic acids is 3. The number of amides is 3. The van der Waals surface area contributed by atoms with Crippen molar-refractivity contribution in [3.63, 3.8) is 0 Å². The number of hydrogen-bond acceptors (Lipinski definition) is 21. The first-order valence-corrected chi connectivity index (χ1v) is 44.5. The summed E-state index contributed by atoms with van der Waals surface area (Å²) in [6, 6.07) is 15.3. The molecular formula is C93H75Cl9F6N18O9. The maximum atomic E-state index is 15.5. The van der Waals surface area contributed by atoms with E-state index in [1.54, 1.807) is 87.0 Å². The third kappa shape index (κ3) is 17.8. The number of aromatic hydroxyl groups is 3. The summed E-state index contributed by atoms with van der Waals surface area (Å²) < 4.78 is 94.7. The van der Waals surface area contributed by atoms with Crippen molar-refractivity contribution in [1.29, 1.82) is 15.8 Å². The fourth-order valence-electron chi connectivity index (χ4n) is 16.4. The van der Waals surface area contributed by atoms with Crippen LogP contribution in [0, 0.1) is 89.7 Å². The normalized spacial score (nSPS) is 13.4. The van der Waals surface area contributed by atoms with E-state index in [0.717, 1.165) is 0 Å². The van der Waals surface area contributed by atoms with E-state index in [4.69, 9.17) is 104 Å². The first-order chi connectivity index (χ1) is 64.0. The molecule has 15 rings (SSSR count). The lowest BCUT2D eigenvalue weighted by molar-refractivity contribution is -0.127. The molecule has 3 aromatic carbocycles. The summed E-state index contributed by atoms with van der Waals surface area (Å²) in [5, 5.41) is 58.1. The van der Waals surface area contributed by atoms with Gasteiger partial charge in [-0.2, -0.15) is 15.8 Å². The number of benzene rings is 3. The van der Waals surface area contributed by atoms with Crippen LogP contribution in [0.4, 0.5) is 43.4 Å². The summed E-state index contributed by atoms with van der Waals surface area (Å²) in [5.41, 5.74) is -1.57. The topological polar surface area (TPSA) is 346 Å². The van der Waals surface area contributed by atoms with Gasteiger partial charge in [-0.25, -0.2) is 41.3 Å². The average molecular weight is 2020 g/mol. The number of phenolic OH excluding ortho intramolecular Hbond substituents is 3. The molecule has 3 fully saturated rings. The number of carbonyl (C=O) groups is 3. The first kappa shape index (κ1) is 99.7. The van der Waals surface area contributed by atoms with E-state index >= 15 is 13.2 Å². The number of anilines is 3. The van der Waals surface area contributed by atoms with Gasteiger partial charge >= 0.3 is 0 Å². The predicted molar refractivity (Wildman–Crippen MR) is 509 cm³/mol. The average Bonchev–Trinajstić information content (AvgIpc) is 0.728. The van der Waals surface area contributed by atoms with Crippen LogP contribution in [0.3, 0.4) is 0 Å². The molecule has 0 radical (unpaired) electrons. The van der Waals surface area contributed by atoms with Gasteiger partial charge in [-0.05, 0) is 110 Å². The number of piperazine rings is 3. The van der Waals surface area contributed by atoms with E-state index in [2.05, 4.69) is 49.6 Å². The van der Waals surface area contributed by atoms with E-state index in [-0.39, 0.29) is 196 Å². The lowest BCUT2D eigenvalue weighted by Gasteiger charge is -2.36. The number of phenols is 3. The van der Waals surface area contributed by atoms with Crippen LogP contribution in [0.5, 0.6) is 17.2 Å².